The van der Waals surface area contributed by atoms with Gasteiger partial charge in [0.05, 0.1) is 13.2 Å². The zero-order chi connectivity index (χ0) is 12.9. The molecule has 0 radical (unpaired) electrons. The minimum absolute atomic E-state index is 0.887. The lowest BCUT2D eigenvalue weighted by atomic mass is 10.1. The highest BCUT2D eigenvalue weighted by Crippen LogP contribution is 2.21. The van der Waals surface area contributed by atoms with Crippen molar-refractivity contribution in [2.45, 2.75) is 6.54 Å². The van der Waals surface area contributed by atoms with Crippen LogP contribution in [0.4, 0.5) is 5.69 Å². The van der Waals surface area contributed by atoms with Crippen LogP contribution in [0, 0.1) is 0 Å². The second-order valence-electron chi connectivity index (χ2n) is 5.25. The Morgan fingerprint density at radius 3 is 2.79 bits per heavy atom. The van der Waals surface area contributed by atoms with Crippen LogP contribution in [-0.2, 0) is 11.3 Å². The van der Waals surface area contributed by atoms with Gasteiger partial charge in [0.15, 0.2) is 0 Å². The molecule has 2 heterocycles. The molecule has 0 aromatic heterocycles. The van der Waals surface area contributed by atoms with Crippen molar-refractivity contribution in [1.29, 1.82) is 0 Å². The number of morpholine rings is 1. The third-order valence-electron chi connectivity index (χ3n) is 4.00. The summed E-state index contributed by atoms with van der Waals surface area (Å²) in [5.41, 5.74) is 2.82. The maximum absolute atomic E-state index is 5.40. The second kappa shape index (κ2) is 6.37. The van der Waals surface area contributed by atoms with Crippen molar-refractivity contribution in [2.24, 2.45) is 0 Å². The predicted molar refractivity (Wildman–Crippen MR) is 77.6 cm³/mol. The highest BCUT2D eigenvalue weighted by molar-refractivity contribution is 5.54. The molecular weight excluding hydrogens is 238 g/mol. The number of ether oxygens (including phenoxy) is 1. The summed E-state index contributed by atoms with van der Waals surface area (Å²) in [4.78, 5) is 5.02. The van der Waals surface area contributed by atoms with E-state index in [0.717, 1.165) is 59.0 Å². The van der Waals surface area contributed by atoms with E-state index in [2.05, 4.69) is 39.4 Å². The summed E-state index contributed by atoms with van der Waals surface area (Å²) in [6, 6.07) is 8.76. The molecule has 0 saturated carbocycles. The Bertz CT molecular complexity index is 404. The molecule has 0 unspecified atom stereocenters. The van der Waals surface area contributed by atoms with Gasteiger partial charge in [-0.15, -0.1) is 0 Å². The summed E-state index contributed by atoms with van der Waals surface area (Å²) in [5.74, 6) is 0. The standard InChI is InChI=1S/C15H23N3O/c1-2-4-15-14(3-1)13-16-5-6-18(15)8-7-17-9-11-19-12-10-17/h1-4,16H,5-13H2. The minimum atomic E-state index is 0.887. The van der Waals surface area contributed by atoms with Crippen molar-refractivity contribution in [1.82, 2.24) is 10.2 Å². The Kier molecular flexibility index (Phi) is 4.33. The molecular formula is C15H23N3O. The van der Waals surface area contributed by atoms with Gasteiger partial charge in [-0.1, -0.05) is 18.2 Å². The van der Waals surface area contributed by atoms with Gasteiger partial charge in [-0.25, -0.2) is 0 Å². The first kappa shape index (κ1) is 12.9. The van der Waals surface area contributed by atoms with Gasteiger partial charge in [0.1, 0.15) is 0 Å². The van der Waals surface area contributed by atoms with E-state index >= 15 is 0 Å². The molecule has 1 aromatic carbocycles. The lowest BCUT2D eigenvalue weighted by molar-refractivity contribution is 0.0392. The van der Waals surface area contributed by atoms with Crippen LogP contribution in [0.1, 0.15) is 5.56 Å². The number of nitrogens with zero attached hydrogens (tertiary/aromatic N) is 2. The van der Waals surface area contributed by atoms with Gasteiger partial charge in [-0.3, -0.25) is 4.90 Å². The van der Waals surface area contributed by atoms with E-state index in [9.17, 15) is 0 Å². The molecule has 2 aliphatic rings. The molecule has 4 nitrogen and oxygen atoms in total. The van der Waals surface area contributed by atoms with Crippen molar-refractivity contribution >= 4 is 5.69 Å². The van der Waals surface area contributed by atoms with Crippen molar-refractivity contribution < 1.29 is 4.74 Å². The SMILES string of the molecule is c1ccc2c(c1)CNCCN2CCN1CCOCC1. The zero-order valence-electron chi connectivity index (χ0n) is 11.5. The van der Waals surface area contributed by atoms with Gasteiger partial charge < -0.3 is 15.0 Å². The van der Waals surface area contributed by atoms with Crippen LogP contribution in [0.2, 0.25) is 0 Å². The normalized spacial score (nSPS) is 20.9. The Balaban J connectivity index is 1.63. The van der Waals surface area contributed by atoms with Gasteiger partial charge in [0.25, 0.3) is 0 Å². The van der Waals surface area contributed by atoms with E-state index < -0.39 is 0 Å². The first-order chi connectivity index (χ1) is 9.43. The maximum atomic E-state index is 5.40. The molecule has 0 bridgehead atoms. The Morgan fingerprint density at radius 1 is 1.05 bits per heavy atom. The lowest BCUT2D eigenvalue weighted by Crippen LogP contribution is -2.42. The first-order valence-electron chi connectivity index (χ1n) is 7.27. The summed E-state index contributed by atoms with van der Waals surface area (Å²) >= 11 is 0. The predicted octanol–water partition coefficient (Wildman–Crippen LogP) is 0.928. The molecule has 4 heteroatoms. The second-order valence-corrected chi connectivity index (χ2v) is 5.25. The highest BCUT2D eigenvalue weighted by atomic mass is 16.5. The molecule has 2 aliphatic heterocycles. The van der Waals surface area contributed by atoms with E-state index in [-0.39, 0.29) is 0 Å². The van der Waals surface area contributed by atoms with E-state index in [1.165, 1.54) is 11.3 Å². The molecule has 104 valence electrons. The number of nitrogens with one attached hydrogen (secondary N) is 1. The first-order valence-corrected chi connectivity index (χ1v) is 7.27. The van der Waals surface area contributed by atoms with Crippen LogP contribution >= 0.6 is 0 Å². The number of fused-ring (bicyclic) bond motifs is 1. The number of rotatable bonds is 3. The van der Waals surface area contributed by atoms with E-state index in [1.54, 1.807) is 0 Å². The van der Waals surface area contributed by atoms with Gasteiger partial charge in [0, 0.05) is 51.5 Å². The zero-order valence-corrected chi connectivity index (χ0v) is 11.5. The molecule has 0 atom stereocenters. The molecule has 1 fully saturated rings. The average Bonchev–Trinajstić information content (AvgIpc) is 2.68. The Hall–Kier alpha value is -1.10. The summed E-state index contributed by atoms with van der Waals surface area (Å²) in [6.45, 7) is 9.33. The third-order valence-corrected chi connectivity index (χ3v) is 4.00. The van der Waals surface area contributed by atoms with Crippen molar-refractivity contribution in [2.75, 3.05) is 57.4 Å². The van der Waals surface area contributed by atoms with Gasteiger partial charge in [-0.2, -0.15) is 0 Å². The van der Waals surface area contributed by atoms with E-state index in [4.69, 9.17) is 4.74 Å². The third kappa shape index (κ3) is 3.26. The number of benzene rings is 1. The molecule has 1 N–H and O–H groups in total. The molecule has 0 spiro atoms. The average molecular weight is 261 g/mol. The van der Waals surface area contributed by atoms with Gasteiger partial charge in [0.2, 0.25) is 0 Å². The van der Waals surface area contributed by atoms with Crippen LogP contribution in [0.15, 0.2) is 24.3 Å². The summed E-state index contributed by atoms with van der Waals surface area (Å²) in [7, 11) is 0. The van der Waals surface area contributed by atoms with Crippen LogP contribution in [0.3, 0.4) is 0 Å². The Morgan fingerprint density at radius 2 is 1.89 bits per heavy atom. The summed E-state index contributed by atoms with van der Waals surface area (Å²) in [5, 5.41) is 3.50. The molecule has 1 aromatic rings. The van der Waals surface area contributed by atoms with Crippen LogP contribution < -0.4 is 10.2 Å². The molecule has 1 saturated heterocycles. The smallest absolute Gasteiger partial charge is 0.0594 e. The number of para-hydroxylation sites is 1. The fourth-order valence-electron chi connectivity index (χ4n) is 2.85. The summed E-state index contributed by atoms with van der Waals surface area (Å²) in [6.07, 6.45) is 0. The molecule has 0 amide bonds. The highest BCUT2D eigenvalue weighted by Gasteiger charge is 2.16. The quantitative estimate of drug-likeness (QED) is 0.876. The number of anilines is 1. The summed E-state index contributed by atoms with van der Waals surface area (Å²) < 4.78 is 5.40. The number of hydrogen-bond donors (Lipinski definition) is 1. The molecule has 3 rings (SSSR count). The fraction of sp³-hybridized carbons (Fsp3) is 0.600. The molecule has 0 aliphatic carbocycles. The minimum Gasteiger partial charge on any atom is -0.379 e. The molecule has 19 heavy (non-hydrogen) atoms. The maximum Gasteiger partial charge on any atom is 0.0594 e. The van der Waals surface area contributed by atoms with Crippen LogP contribution in [0.25, 0.3) is 0 Å². The van der Waals surface area contributed by atoms with Gasteiger partial charge in [-0.05, 0) is 11.6 Å². The largest absolute Gasteiger partial charge is 0.379 e. The number of hydrogen-bond acceptors (Lipinski definition) is 4. The Labute approximate surface area is 115 Å². The van der Waals surface area contributed by atoms with Crippen LogP contribution in [0.5, 0.6) is 0 Å². The topological polar surface area (TPSA) is 27.7 Å². The van der Waals surface area contributed by atoms with Crippen LogP contribution in [-0.4, -0.2) is 57.4 Å². The van der Waals surface area contributed by atoms with E-state index in [1.807, 2.05) is 0 Å². The van der Waals surface area contributed by atoms with E-state index in [0.29, 0.717) is 0 Å². The van der Waals surface area contributed by atoms with Crippen molar-refractivity contribution in [3.63, 3.8) is 0 Å². The monoisotopic (exact) mass is 261 g/mol. The van der Waals surface area contributed by atoms with Crippen molar-refractivity contribution in [3.05, 3.63) is 29.8 Å². The van der Waals surface area contributed by atoms with Crippen molar-refractivity contribution in [3.8, 4) is 0 Å². The fourth-order valence-corrected chi connectivity index (χ4v) is 2.85. The van der Waals surface area contributed by atoms with Gasteiger partial charge >= 0.3 is 0 Å². The lowest BCUT2D eigenvalue weighted by Gasteiger charge is -2.31.